The summed E-state index contributed by atoms with van der Waals surface area (Å²) in [5.74, 6) is 0.900. The van der Waals surface area contributed by atoms with E-state index in [4.69, 9.17) is 0 Å². The first-order chi connectivity index (χ1) is 8.74. The van der Waals surface area contributed by atoms with Crippen molar-refractivity contribution in [2.45, 2.75) is 12.8 Å². The van der Waals surface area contributed by atoms with E-state index in [9.17, 15) is 9.18 Å². The van der Waals surface area contributed by atoms with Gasteiger partial charge >= 0.3 is 0 Å². The summed E-state index contributed by atoms with van der Waals surface area (Å²) in [4.78, 5) is 12.2. The number of hydrogen-bond donors (Lipinski definition) is 2. The lowest BCUT2D eigenvalue weighted by Crippen LogP contribution is -2.28. The highest BCUT2D eigenvalue weighted by molar-refractivity contribution is 5.93. The zero-order chi connectivity index (χ0) is 12.5. The Bertz CT molecular complexity index is 463. The summed E-state index contributed by atoms with van der Waals surface area (Å²) < 4.78 is 13.0. The molecule has 1 aliphatic carbocycles. The average Bonchev–Trinajstić information content (AvgIpc) is 2.89. The summed E-state index contributed by atoms with van der Waals surface area (Å²) in [6.45, 7) is 1.97. The molecule has 3 unspecified atom stereocenters. The maximum absolute atomic E-state index is 13.0. The normalized spacial score (nSPS) is 30.2. The van der Waals surface area contributed by atoms with Crippen molar-refractivity contribution in [2.24, 2.45) is 17.8 Å². The van der Waals surface area contributed by atoms with Gasteiger partial charge in [-0.2, -0.15) is 0 Å². The number of halogens is 1. The van der Waals surface area contributed by atoms with E-state index in [2.05, 4.69) is 10.6 Å². The molecule has 4 heteroatoms. The minimum Gasteiger partial charge on any atom is -0.326 e. The van der Waals surface area contributed by atoms with Gasteiger partial charge in [0.25, 0.3) is 0 Å². The summed E-state index contributed by atoms with van der Waals surface area (Å²) in [7, 11) is 0. The molecular weight excluding hydrogens is 231 g/mol. The number of carbonyl (C=O) groups is 1. The van der Waals surface area contributed by atoms with E-state index >= 15 is 0 Å². The van der Waals surface area contributed by atoms with Gasteiger partial charge in [0.1, 0.15) is 5.82 Å². The van der Waals surface area contributed by atoms with E-state index in [-0.39, 0.29) is 17.6 Å². The van der Waals surface area contributed by atoms with Crippen molar-refractivity contribution in [1.82, 2.24) is 5.32 Å². The van der Waals surface area contributed by atoms with Crippen molar-refractivity contribution in [3.8, 4) is 0 Å². The van der Waals surface area contributed by atoms with Crippen molar-refractivity contribution in [2.75, 3.05) is 18.4 Å². The molecule has 1 amide bonds. The number of hydrogen-bond acceptors (Lipinski definition) is 2. The van der Waals surface area contributed by atoms with Crippen LogP contribution in [0.4, 0.5) is 10.1 Å². The summed E-state index contributed by atoms with van der Waals surface area (Å²) in [6.07, 6.45) is 2.08. The molecule has 2 aliphatic rings. The van der Waals surface area contributed by atoms with Gasteiger partial charge < -0.3 is 10.6 Å². The number of rotatable bonds is 2. The molecule has 3 nitrogen and oxygen atoms in total. The van der Waals surface area contributed by atoms with Gasteiger partial charge in [0.05, 0.1) is 0 Å². The van der Waals surface area contributed by atoms with Crippen LogP contribution in [-0.4, -0.2) is 19.0 Å². The van der Waals surface area contributed by atoms with E-state index in [1.165, 1.54) is 12.1 Å². The van der Waals surface area contributed by atoms with Crippen LogP contribution in [0, 0.1) is 23.6 Å². The molecule has 3 atom stereocenters. The Morgan fingerprint density at radius 3 is 3.06 bits per heavy atom. The van der Waals surface area contributed by atoms with Gasteiger partial charge in [-0.05, 0) is 56.0 Å². The van der Waals surface area contributed by atoms with Crippen LogP contribution in [0.15, 0.2) is 24.3 Å². The number of anilines is 1. The molecule has 0 aromatic heterocycles. The zero-order valence-electron chi connectivity index (χ0n) is 10.2. The summed E-state index contributed by atoms with van der Waals surface area (Å²) >= 11 is 0. The van der Waals surface area contributed by atoms with Crippen molar-refractivity contribution < 1.29 is 9.18 Å². The maximum Gasteiger partial charge on any atom is 0.227 e. The molecule has 1 aliphatic heterocycles. The number of carbonyl (C=O) groups excluding carboxylic acids is 1. The number of amides is 1. The molecule has 0 radical (unpaired) electrons. The molecule has 1 saturated carbocycles. The highest BCUT2D eigenvalue weighted by atomic mass is 19.1. The van der Waals surface area contributed by atoms with Crippen LogP contribution in [0.1, 0.15) is 12.8 Å². The molecule has 1 aromatic rings. The van der Waals surface area contributed by atoms with Crippen molar-refractivity contribution in [3.63, 3.8) is 0 Å². The Hall–Kier alpha value is -1.42. The Balaban J connectivity index is 1.68. The molecule has 0 spiro atoms. The van der Waals surface area contributed by atoms with Gasteiger partial charge in [-0.15, -0.1) is 0 Å². The van der Waals surface area contributed by atoms with Crippen LogP contribution in [0.5, 0.6) is 0 Å². The fraction of sp³-hybridized carbons (Fsp3) is 0.500. The van der Waals surface area contributed by atoms with Crippen LogP contribution in [0.25, 0.3) is 0 Å². The predicted molar refractivity (Wildman–Crippen MR) is 67.6 cm³/mol. The monoisotopic (exact) mass is 248 g/mol. The lowest BCUT2D eigenvalue weighted by molar-refractivity contribution is -0.120. The minimum atomic E-state index is -0.320. The molecule has 1 aromatic carbocycles. The molecule has 1 heterocycles. The number of benzene rings is 1. The first kappa shape index (κ1) is 11.7. The first-order valence-electron chi connectivity index (χ1n) is 6.51. The summed E-state index contributed by atoms with van der Waals surface area (Å²) in [6, 6.07) is 6.07. The highest BCUT2D eigenvalue weighted by Gasteiger charge is 2.42. The van der Waals surface area contributed by atoms with Crippen LogP contribution < -0.4 is 10.6 Å². The van der Waals surface area contributed by atoms with Crippen LogP contribution >= 0.6 is 0 Å². The smallest absolute Gasteiger partial charge is 0.227 e. The SMILES string of the molecule is O=C(Nc1cccc(F)c1)C1CCC2CNCC21. The van der Waals surface area contributed by atoms with Crippen LogP contribution in [0.2, 0.25) is 0 Å². The van der Waals surface area contributed by atoms with E-state index < -0.39 is 0 Å². The molecular formula is C14H17FN2O. The zero-order valence-corrected chi connectivity index (χ0v) is 10.2. The van der Waals surface area contributed by atoms with Gasteiger partial charge in [-0.25, -0.2) is 4.39 Å². The van der Waals surface area contributed by atoms with E-state index in [0.717, 1.165) is 25.9 Å². The molecule has 18 heavy (non-hydrogen) atoms. The Labute approximate surface area is 106 Å². The molecule has 0 bridgehead atoms. The van der Waals surface area contributed by atoms with Crippen molar-refractivity contribution in [3.05, 3.63) is 30.1 Å². The molecule has 2 fully saturated rings. The van der Waals surface area contributed by atoms with E-state index in [1.54, 1.807) is 12.1 Å². The largest absolute Gasteiger partial charge is 0.326 e. The fourth-order valence-corrected chi connectivity index (χ4v) is 3.27. The van der Waals surface area contributed by atoms with Gasteiger partial charge in [0.2, 0.25) is 5.91 Å². The second kappa shape index (κ2) is 4.69. The third kappa shape index (κ3) is 2.12. The third-order valence-electron chi connectivity index (χ3n) is 4.19. The number of nitrogens with one attached hydrogen (secondary N) is 2. The lowest BCUT2D eigenvalue weighted by Gasteiger charge is -2.17. The van der Waals surface area contributed by atoms with Gasteiger partial charge in [-0.1, -0.05) is 6.07 Å². The van der Waals surface area contributed by atoms with Crippen molar-refractivity contribution in [1.29, 1.82) is 0 Å². The second-order valence-corrected chi connectivity index (χ2v) is 5.27. The standard InChI is InChI=1S/C14H17FN2O/c15-10-2-1-3-11(6-10)17-14(18)12-5-4-9-7-16-8-13(9)12/h1-3,6,9,12-13,16H,4-5,7-8H2,(H,17,18). The Morgan fingerprint density at radius 1 is 1.33 bits per heavy atom. The summed E-state index contributed by atoms with van der Waals surface area (Å²) in [5.41, 5.74) is 0.550. The van der Waals surface area contributed by atoms with Gasteiger partial charge in [0, 0.05) is 11.6 Å². The van der Waals surface area contributed by atoms with Crippen LogP contribution in [-0.2, 0) is 4.79 Å². The summed E-state index contributed by atoms with van der Waals surface area (Å²) in [5, 5.41) is 6.17. The predicted octanol–water partition coefficient (Wildman–Crippen LogP) is 2.01. The van der Waals surface area contributed by atoms with E-state index in [0.29, 0.717) is 17.5 Å². The molecule has 1 saturated heterocycles. The second-order valence-electron chi connectivity index (χ2n) is 5.27. The lowest BCUT2D eigenvalue weighted by atomic mass is 9.92. The highest BCUT2D eigenvalue weighted by Crippen LogP contribution is 2.39. The first-order valence-corrected chi connectivity index (χ1v) is 6.51. The molecule has 96 valence electrons. The van der Waals surface area contributed by atoms with Gasteiger partial charge in [-0.3, -0.25) is 4.79 Å². The maximum atomic E-state index is 13.0. The Morgan fingerprint density at radius 2 is 2.22 bits per heavy atom. The third-order valence-corrected chi connectivity index (χ3v) is 4.19. The minimum absolute atomic E-state index is 0.0387. The average molecular weight is 248 g/mol. The number of fused-ring (bicyclic) bond motifs is 1. The Kier molecular flexibility index (Phi) is 3.04. The fourth-order valence-electron chi connectivity index (χ4n) is 3.27. The molecule has 2 N–H and O–H groups in total. The topological polar surface area (TPSA) is 41.1 Å². The quantitative estimate of drug-likeness (QED) is 0.840. The van der Waals surface area contributed by atoms with Gasteiger partial charge in [0.15, 0.2) is 0 Å². The van der Waals surface area contributed by atoms with Crippen LogP contribution in [0.3, 0.4) is 0 Å². The van der Waals surface area contributed by atoms with Crippen molar-refractivity contribution >= 4 is 11.6 Å². The van der Waals surface area contributed by atoms with E-state index in [1.807, 2.05) is 0 Å². The molecule has 3 rings (SSSR count).